The van der Waals surface area contributed by atoms with E-state index in [0.717, 1.165) is 23.7 Å². The maximum Gasteiger partial charge on any atom is 0.179 e. The molecule has 0 saturated carbocycles. The molecule has 0 N–H and O–H groups in total. The summed E-state index contributed by atoms with van der Waals surface area (Å²) in [7, 11) is 2.19. The van der Waals surface area contributed by atoms with Crippen molar-refractivity contribution < 1.29 is 4.79 Å². The van der Waals surface area contributed by atoms with Crippen molar-refractivity contribution >= 4 is 17.4 Å². The van der Waals surface area contributed by atoms with Gasteiger partial charge in [0.1, 0.15) is 0 Å². The Labute approximate surface area is 126 Å². The summed E-state index contributed by atoms with van der Waals surface area (Å²) >= 11 is 5.67. The molecule has 0 aromatic carbocycles. The zero-order chi connectivity index (χ0) is 14.7. The SMILES string of the molecule is Cc1cc(C(=O)CCl)c(C)n1CCC1CCN(C)CC1. The van der Waals surface area contributed by atoms with Crippen molar-refractivity contribution in [1.29, 1.82) is 0 Å². The second kappa shape index (κ2) is 6.77. The van der Waals surface area contributed by atoms with Crippen LogP contribution in [0, 0.1) is 19.8 Å². The number of hydrogen-bond acceptors (Lipinski definition) is 2. The highest BCUT2D eigenvalue weighted by Gasteiger charge is 2.18. The largest absolute Gasteiger partial charge is 0.348 e. The molecule has 1 aromatic rings. The van der Waals surface area contributed by atoms with Crippen LogP contribution in [0.3, 0.4) is 0 Å². The highest BCUT2D eigenvalue weighted by molar-refractivity contribution is 6.30. The lowest BCUT2D eigenvalue weighted by atomic mass is 9.94. The first-order valence-corrected chi connectivity index (χ1v) is 8.00. The number of rotatable bonds is 5. The van der Waals surface area contributed by atoms with E-state index in [1.807, 2.05) is 13.0 Å². The fourth-order valence-electron chi connectivity index (χ4n) is 3.16. The van der Waals surface area contributed by atoms with Crippen LogP contribution in [-0.4, -0.2) is 41.3 Å². The first-order chi connectivity index (χ1) is 9.52. The summed E-state index contributed by atoms with van der Waals surface area (Å²) in [6.45, 7) is 7.55. The Balaban J connectivity index is 1.99. The number of halogens is 1. The molecule has 0 unspecified atom stereocenters. The van der Waals surface area contributed by atoms with Crippen molar-refractivity contribution in [3.05, 3.63) is 23.0 Å². The van der Waals surface area contributed by atoms with Crippen LogP contribution in [0.2, 0.25) is 0 Å². The van der Waals surface area contributed by atoms with E-state index in [9.17, 15) is 4.79 Å². The van der Waals surface area contributed by atoms with Gasteiger partial charge in [0, 0.05) is 23.5 Å². The summed E-state index contributed by atoms with van der Waals surface area (Å²) in [5.41, 5.74) is 3.03. The van der Waals surface area contributed by atoms with Crippen LogP contribution in [0.15, 0.2) is 6.07 Å². The average molecular weight is 297 g/mol. The molecule has 4 heteroatoms. The van der Waals surface area contributed by atoms with E-state index in [-0.39, 0.29) is 11.7 Å². The molecule has 20 heavy (non-hydrogen) atoms. The van der Waals surface area contributed by atoms with E-state index in [1.165, 1.54) is 38.0 Å². The van der Waals surface area contributed by atoms with Gasteiger partial charge in [0.25, 0.3) is 0 Å². The predicted molar refractivity (Wildman–Crippen MR) is 83.8 cm³/mol. The van der Waals surface area contributed by atoms with E-state index in [1.54, 1.807) is 0 Å². The normalized spacial score (nSPS) is 17.6. The Morgan fingerprint density at radius 1 is 1.35 bits per heavy atom. The molecule has 1 saturated heterocycles. The Hall–Kier alpha value is -0.800. The second-order valence-electron chi connectivity index (χ2n) is 6.03. The fourth-order valence-corrected chi connectivity index (χ4v) is 3.31. The summed E-state index contributed by atoms with van der Waals surface area (Å²) in [6, 6.07) is 1.98. The minimum Gasteiger partial charge on any atom is -0.348 e. The van der Waals surface area contributed by atoms with Crippen LogP contribution in [0.25, 0.3) is 0 Å². The van der Waals surface area contributed by atoms with Crippen molar-refractivity contribution in [2.45, 2.75) is 39.7 Å². The molecule has 0 amide bonds. The maximum atomic E-state index is 11.8. The first kappa shape index (κ1) is 15.6. The highest BCUT2D eigenvalue weighted by atomic mass is 35.5. The van der Waals surface area contributed by atoms with Gasteiger partial charge in [-0.3, -0.25) is 4.79 Å². The molecule has 2 heterocycles. The number of piperidine rings is 1. The number of likely N-dealkylation sites (tertiary alicyclic amines) is 1. The topological polar surface area (TPSA) is 25.2 Å². The van der Waals surface area contributed by atoms with E-state index in [2.05, 4.69) is 23.4 Å². The Bertz CT molecular complexity index is 473. The summed E-state index contributed by atoms with van der Waals surface area (Å²) in [6.07, 6.45) is 3.80. The van der Waals surface area contributed by atoms with Crippen molar-refractivity contribution in [2.24, 2.45) is 5.92 Å². The molecule has 0 bridgehead atoms. The molecule has 0 radical (unpaired) electrons. The van der Waals surface area contributed by atoms with Crippen LogP contribution < -0.4 is 0 Å². The predicted octanol–water partition coefficient (Wildman–Crippen LogP) is 3.26. The molecule has 1 fully saturated rings. The quantitative estimate of drug-likeness (QED) is 0.615. The van der Waals surface area contributed by atoms with Crippen LogP contribution in [0.5, 0.6) is 0 Å². The van der Waals surface area contributed by atoms with Gasteiger partial charge in [-0.2, -0.15) is 0 Å². The number of alkyl halides is 1. The summed E-state index contributed by atoms with van der Waals surface area (Å²) in [5.74, 6) is 0.920. The standard InChI is InChI=1S/C16H25ClN2O/c1-12-10-15(16(20)11-17)13(2)19(12)9-6-14-4-7-18(3)8-5-14/h10,14H,4-9,11H2,1-3H3. The maximum absolute atomic E-state index is 11.8. The van der Waals surface area contributed by atoms with Crippen LogP contribution >= 0.6 is 11.6 Å². The van der Waals surface area contributed by atoms with Crippen molar-refractivity contribution in [1.82, 2.24) is 9.47 Å². The van der Waals surface area contributed by atoms with Gasteiger partial charge in [0.05, 0.1) is 5.88 Å². The smallest absolute Gasteiger partial charge is 0.179 e. The minimum absolute atomic E-state index is 0.0327. The zero-order valence-corrected chi connectivity index (χ0v) is 13.5. The van der Waals surface area contributed by atoms with E-state index >= 15 is 0 Å². The van der Waals surface area contributed by atoms with Crippen LogP contribution in [0.4, 0.5) is 0 Å². The van der Waals surface area contributed by atoms with Gasteiger partial charge in [-0.05, 0) is 65.2 Å². The van der Waals surface area contributed by atoms with Crippen LogP contribution in [-0.2, 0) is 6.54 Å². The molecule has 112 valence electrons. The van der Waals surface area contributed by atoms with Crippen molar-refractivity contribution in [2.75, 3.05) is 26.0 Å². The van der Waals surface area contributed by atoms with Crippen molar-refractivity contribution in [3.63, 3.8) is 0 Å². The average Bonchev–Trinajstić information content (AvgIpc) is 2.73. The van der Waals surface area contributed by atoms with E-state index in [4.69, 9.17) is 11.6 Å². The molecule has 0 atom stereocenters. The molecule has 1 aliphatic heterocycles. The van der Waals surface area contributed by atoms with Gasteiger partial charge < -0.3 is 9.47 Å². The van der Waals surface area contributed by atoms with E-state index in [0.29, 0.717) is 0 Å². The van der Waals surface area contributed by atoms with Gasteiger partial charge in [-0.25, -0.2) is 0 Å². The number of carbonyl (C=O) groups excluding carboxylic acids is 1. The molecule has 2 rings (SSSR count). The Morgan fingerprint density at radius 2 is 2.00 bits per heavy atom. The number of aryl methyl sites for hydroxylation is 1. The molecule has 0 spiro atoms. The fraction of sp³-hybridized carbons (Fsp3) is 0.688. The Morgan fingerprint density at radius 3 is 2.60 bits per heavy atom. The number of Topliss-reactive ketones (excluding diaryl/α,β-unsaturated/α-hetero) is 1. The van der Waals surface area contributed by atoms with Crippen molar-refractivity contribution in [3.8, 4) is 0 Å². The molecule has 1 aromatic heterocycles. The number of aromatic nitrogens is 1. The number of carbonyl (C=O) groups is 1. The number of ketones is 1. The summed E-state index contributed by atoms with van der Waals surface area (Å²) < 4.78 is 2.28. The van der Waals surface area contributed by atoms with Gasteiger partial charge in [-0.1, -0.05) is 0 Å². The Kier molecular flexibility index (Phi) is 5.28. The van der Waals surface area contributed by atoms with Crippen LogP contribution in [0.1, 0.15) is 41.0 Å². The molecule has 3 nitrogen and oxygen atoms in total. The molecule has 1 aliphatic rings. The lowest BCUT2D eigenvalue weighted by Gasteiger charge is -2.29. The minimum atomic E-state index is 0.0327. The lowest BCUT2D eigenvalue weighted by Crippen LogP contribution is -2.30. The third kappa shape index (κ3) is 3.44. The molecular weight excluding hydrogens is 272 g/mol. The van der Waals surface area contributed by atoms with Gasteiger partial charge in [0.2, 0.25) is 0 Å². The third-order valence-electron chi connectivity index (χ3n) is 4.59. The number of nitrogens with zero attached hydrogens (tertiary/aromatic N) is 2. The molecular formula is C16H25ClN2O. The molecule has 0 aliphatic carbocycles. The van der Waals surface area contributed by atoms with Gasteiger partial charge >= 0.3 is 0 Å². The second-order valence-corrected chi connectivity index (χ2v) is 6.30. The van der Waals surface area contributed by atoms with Gasteiger partial charge in [-0.15, -0.1) is 11.6 Å². The zero-order valence-electron chi connectivity index (χ0n) is 12.8. The number of hydrogen-bond donors (Lipinski definition) is 0. The summed E-state index contributed by atoms with van der Waals surface area (Å²) in [5, 5.41) is 0. The lowest BCUT2D eigenvalue weighted by molar-refractivity contribution is 0.102. The third-order valence-corrected chi connectivity index (χ3v) is 4.84. The first-order valence-electron chi connectivity index (χ1n) is 7.47. The van der Waals surface area contributed by atoms with E-state index < -0.39 is 0 Å². The monoisotopic (exact) mass is 296 g/mol. The highest BCUT2D eigenvalue weighted by Crippen LogP contribution is 2.23. The van der Waals surface area contributed by atoms with Gasteiger partial charge in [0.15, 0.2) is 5.78 Å². The summed E-state index contributed by atoms with van der Waals surface area (Å²) in [4.78, 5) is 14.2.